The molecule has 8 aliphatic rings. The number of aromatic nitrogens is 2. The number of hydrogen-bond acceptors (Lipinski definition) is 0. The maximum absolute atomic E-state index is 2.85. The van der Waals surface area contributed by atoms with E-state index < -0.39 is 0 Å². The van der Waals surface area contributed by atoms with Crippen molar-refractivity contribution in [3.8, 4) is 0 Å². The number of hydrogen-bond donors (Lipinski definition) is 0. The van der Waals surface area contributed by atoms with Crippen LogP contribution in [0.15, 0.2) is 30.6 Å². The summed E-state index contributed by atoms with van der Waals surface area (Å²) in [5, 5.41) is 0. The second-order valence-electron chi connectivity index (χ2n) is 12.6. The van der Waals surface area contributed by atoms with E-state index in [4.69, 9.17) is 0 Å². The van der Waals surface area contributed by atoms with Gasteiger partial charge in [-0.1, -0.05) is 12.1 Å². The molecule has 2 aromatic rings. The van der Waals surface area contributed by atoms with Gasteiger partial charge >= 0.3 is 0 Å². The Balaban J connectivity index is 1.32. The summed E-state index contributed by atoms with van der Waals surface area (Å²) >= 11 is 0. The van der Waals surface area contributed by atoms with Crippen LogP contribution in [0.3, 0.4) is 0 Å². The van der Waals surface area contributed by atoms with Crippen molar-refractivity contribution < 1.29 is 4.57 Å². The zero-order chi connectivity index (χ0) is 18.8. The van der Waals surface area contributed by atoms with Crippen molar-refractivity contribution in [3.63, 3.8) is 0 Å². The Labute approximate surface area is 174 Å². The molecule has 0 radical (unpaired) electrons. The number of rotatable bonds is 2. The topological polar surface area (TPSA) is 8.81 Å². The Morgan fingerprint density at radius 1 is 0.655 bits per heavy atom. The lowest BCUT2D eigenvalue weighted by Gasteiger charge is -2.55. The van der Waals surface area contributed by atoms with Crippen LogP contribution in [0.5, 0.6) is 0 Å². The molecule has 152 valence electrons. The normalized spacial score (nSPS) is 49.4. The molecular formula is C27H35N2+. The van der Waals surface area contributed by atoms with Gasteiger partial charge in [0.05, 0.1) is 0 Å². The second-order valence-corrected chi connectivity index (χ2v) is 12.6. The van der Waals surface area contributed by atoms with Crippen LogP contribution >= 0.6 is 0 Å². The van der Waals surface area contributed by atoms with E-state index in [1.165, 1.54) is 77.0 Å². The first-order chi connectivity index (χ1) is 14.2. The van der Waals surface area contributed by atoms with E-state index in [1.54, 1.807) is 11.0 Å². The van der Waals surface area contributed by atoms with Crippen LogP contribution in [-0.4, -0.2) is 4.57 Å². The Morgan fingerprint density at radius 3 is 1.69 bits per heavy atom. The molecule has 2 heteroatoms. The van der Waals surface area contributed by atoms with Gasteiger partial charge in [-0.05, 0) is 125 Å². The Morgan fingerprint density at radius 2 is 1.14 bits per heavy atom. The summed E-state index contributed by atoms with van der Waals surface area (Å²) in [6.45, 7) is 0. The van der Waals surface area contributed by atoms with Crippen LogP contribution in [0.25, 0.3) is 11.0 Å². The summed E-state index contributed by atoms with van der Waals surface area (Å²) in [4.78, 5) is 0. The molecule has 0 amide bonds. The fourth-order valence-corrected chi connectivity index (χ4v) is 10.6. The fraction of sp³-hybridized carbons (Fsp3) is 0.741. The van der Waals surface area contributed by atoms with Gasteiger partial charge in [-0.2, -0.15) is 0 Å². The number of nitrogens with zero attached hydrogens (tertiary/aromatic N) is 2. The molecule has 8 saturated carbocycles. The summed E-state index contributed by atoms with van der Waals surface area (Å²) in [5.74, 6) is 6.06. The summed E-state index contributed by atoms with van der Waals surface area (Å²) in [6.07, 6.45) is 20.6. The first-order valence-electron chi connectivity index (χ1n) is 12.7. The SMILES string of the molecule is c1ccc2c(c1)n(C13CC4CC(CC(C4)C1)C3)c[n+]2C12CC3CC(CC(C3)C1)C2. The van der Waals surface area contributed by atoms with Gasteiger partial charge in [-0.15, -0.1) is 0 Å². The lowest BCUT2D eigenvalue weighted by molar-refractivity contribution is -0.755. The lowest BCUT2D eigenvalue weighted by Crippen LogP contribution is -2.64. The van der Waals surface area contributed by atoms with E-state index in [0.717, 1.165) is 35.5 Å². The van der Waals surface area contributed by atoms with Crippen LogP contribution in [-0.2, 0) is 11.1 Å². The van der Waals surface area contributed by atoms with Crippen molar-refractivity contribution in [2.45, 2.75) is 88.1 Å². The minimum absolute atomic E-state index is 0.432. The first-order valence-corrected chi connectivity index (χ1v) is 12.7. The minimum atomic E-state index is 0.432. The van der Waals surface area contributed by atoms with Gasteiger partial charge in [-0.25, -0.2) is 9.13 Å². The number of fused-ring (bicyclic) bond motifs is 1. The van der Waals surface area contributed by atoms with E-state index in [0.29, 0.717) is 11.1 Å². The Kier molecular flexibility index (Phi) is 2.99. The summed E-state index contributed by atoms with van der Waals surface area (Å²) in [6, 6.07) is 9.49. The molecule has 10 rings (SSSR count). The molecule has 0 atom stereocenters. The third kappa shape index (κ3) is 2.12. The molecule has 0 N–H and O–H groups in total. The zero-order valence-corrected chi connectivity index (χ0v) is 17.7. The maximum Gasteiger partial charge on any atom is 0.245 e. The summed E-state index contributed by atoms with van der Waals surface area (Å²) < 4.78 is 5.71. The van der Waals surface area contributed by atoms with Crippen LogP contribution in [0.4, 0.5) is 0 Å². The molecule has 0 spiro atoms. The van der Waals surface area contributed by atoms with Crippen LogP contribution in [0.1, 0.15) is 77.0 Å². The van der Waals surface area contributed by atoms with E-state index in [9.17, 15) is 0 Å². The van der Waals surface area contributed by atoms with E-state index in [2.05, 4.69) is 39.7 Å². The Bertz CT molecular complexity index is 849. The van der Waals surface area contributed by atoms with Crippen molar-refractivity contribution in [2.24, 2.45) is 35.5 Å². The molecule has 0 saturated heterocycles. The van der Waals surface area contributed by atoms with Crippen molar-refractivity contribution in [2.75, 3.05) is 0 Å². The smallest absolute Gasteiger partial charge is 0.224 e. The number of para-hydroxylation sites is 2. The molecule has 0 aliphatic heterocycles. The molecule has 1 aromatic heterocycles. The summed E-state index contributed by atoms with van der Waals surface area (Å²) in [7, 11) is 0. The second kappa shape index (κ2) is 5.29. The van der Waals surface area contributed by atoms with E-state index in [1.807, 2.05) is 0 Å². The standard InChI is InChI=1S/C27H35N2/c1-2-4-25-24(3-1)28(26-11-18-5-19(12-26)7-20(6-18)13-26)17-29(25)27-14-21-8-22(15-27)10-23(9-21)16-27/h1-4,17-23H,5-16H2/q+1. The largest absolute Gasteiger partial charge is 0.245 e. The number of benzene rings is 1. The van der Waals surface area contributed by atoms with Gasteiger partial charge in [0.25, 0.3) is 0 Å². The average Bonchev–Trinajstić information content (AvgIpc) is 3.07. The third-order valence-electron chi connectivity index (χ3n) is 10.7. The fourth-order valence-electron chi connectivity index (χ4n) is 10.6. The highest BCUT2D eigenvalue weighted by molar-refractivity contribution is 5.72. The molecule has 8 aliphatic carbocycles. The molecule has 8 bridgehead atoms. The quantitative estimate of drug-likeness (QED) is 0.578. The minimum Gasteiger partial charge on any atom is -0.224 e. The molecular weight excluding hydrogens is 352 g/mol. The zero-order valence-electron chi connectivity index (χ0n) is 17.7. The van der Waals surface area contributed by atoms with Crippen molar-refractivity contribution in [1.29, 1.82) is 0 Å². The van der Waals surface area contributed by atoms with Crippen LogP contribution < -0.4 is 4.57 Å². The predicted octanol–water partition coefficient (Wildman–Crippen LogP) is 5.78. The van der Waals surface area contributed by atoms with Gasteiger partial charge in [0, 0.05) is 0 Å². The summed E-state index contributed by atoms with van der Waals surface area (Å²) in [5.41, 5.74) is 3.96. The molecule has 0 unspecified atom stereocenters. The van der Waals surface area contributed by atoms with Crippen LogP contribution in [0, 0.1) is 35.5 Å². The molecule has 2 nitrogen and oxygen atoms in total. The van der Waals surface area contributed by atoms with Gasteiger partial charge in [0.1, 0.15) is 11.1 Å². The van der Waals surface area contributed by atoms with Gasteiger partial charge in [0.2, 0.25) is 6.33 Å². The Hall–Kier alpha value is -1.31. The molecule has 1 heterocycles. The maximum atomic E-state index is 2.85. The monoisotopic (exact) mass is 387 g/mol. The molecule has 8 fully saturated rings. The van der Waals surface area contributed by atoms with Crippen molar-refractivity contribution >= 4 is 11.0 Å². The third-order valence-corrected chi connectivity index (χ3v) is 10.7. The van der Waals surface area contributed by atoms with Gasteiger partial charge in [0.15, 0.2) is 11.0 Å². The first kappa shape index (κ1) is 16.4. The predicted molar refractivity (Wildman–Crippen MR) is 114 cm³/mol. The lowest BCUT2D eigenvalue weighted by atomic mass is 9.52. The highest BCUT2D eigenvalue weighted by Gasteiger charge is 2.58. The average molecular weight is 388 g/mol. The van der Waals surface area contributed by atoms with Gasteiger partial charge < -0.3 is 0 Å². The number of imidazole rings is 1. The highest BCUT2D eigenvalue weighted by Crippen LogP contribution is 2.60. The van der Waals surface area contributed by atoms with E-state index >= 15 is 0 Å². The van der Waals surface area contributed by atoms with Gasteiger partial charge in [-0.3, -0.25) is 0 Å². The van der Waals surface area contributed by atoms with Crippen LogP contribution in [0.2, 0.25) is 0 Å². The molecule has 1 aromatic carbocycles. The highest BCUT2D eigenvalue weighted by atomic mass is 15.2. The van der Waals surface area contributed by atoms with E-state index in [-0.39, 0.29) is 0 Å². The van der Waals surface area contributed by atoms with Crippen molar-refractivity contribution in [1.82, 2.24) is 4.57 Å². The molecule has 29 heavy (non-hydrogen) atoms. The van der Waals surface area contributed by atoms with Crippen molar-refractivity contribution in [3.05, 3.63) is 30.6 Å².